The normalized spacial score (nSPS) is 20.0. The monoisotopic (exact) mass is 288 g/mol. The van der Waals surface area contributed by atoms with Crippen molar-refractivity contribution in [3.8, 4) is 0 Å². The highest BCUT2D eigenvalue weighted by Gasteiger charge is 2.43. The Kier molecular flexibility index (Phi) is 2.76. The minimum Gasteiger partial charge on any atom is -0.341 e. The molecule has 0 aromatic heterocycles. The second-order valence-electron chi connectivity index (χ2n) is 5.24. The van der Waals surface area contributed by atoms with Crippen LogP contribution in [0.25, 0.3) is 0 Å². The molecule has 2 aliphatic rings. The van der Waals surface area contributed by atoms with Gasteiger partial charge >= 0.3 is 0 Å². The predicted molar refractivity (Wildman–Crippen MR) is 82.3 cm³/mol. The molecule has 106 valence electrons. The molecular weight excluding hydrogens is 276 g/mol. The van der Waals surface area contributed by atoms with Gasteiger partial charge in [-0.1, -0.05) is 60.7 Å². The third-order valence-electron chi connectivity index (χ3n) is 3.92. The summed E-state index contributed by atoms with van der Waals surface area (Å²) < 4.78 is 0. The van der Waals surface area contributed by atoms with Gasteiger partial charge in [-0.15, -0.1) is 0 Å². The fourth-order valence-corrected chi connectivity index (χ4v) is 2.93. The lowest BCUT2D eigenvalue weighted by atomic mass is 9.96. The van der Waals surface area contributed by atoms with Crippen LogP contribution in [0, 0.1) is 0 Å². The van der Waals surface area contributed by atoms with Gasteiger partial charge in [0.25, 0.3) is 11.8 Å². The van der Waals surface area contributed by atoms with Crippen LogP contribution in [-0.4, -0.2) is 17.5 Å². The van der Waals surface area contributed by atoms with Gasteiger partial charge < -0.3 is 5.32 Å². The van der Waals surface area contributed by atoms with Crippen molar-refractivity contribution < 1.29 is 9.59 Å². The fourth-order valence-electron chi connectivity index (χ4n) is 2.93. The first-order valence-electron chi connectivity index (χ1n) is 7.04. The van der Waals surface area contributed by atoms with E-state index < -0.39 is 6.04 Å². The SMILES string of the molecule is O=C1N=C(c2ccccc2)C2=C1C(c1ccccc1)NC2=O. The molecule has 2 heterocycles. The molecule has 1 atom stereocenters. The van der Waals surface area contributed by atoms with E-state index >= 15 is 0 Å². The van der Waals surface area contributed by atoms with Gasteiger partial charge in [0.15, 0.2) is 0 Å². The molecule has 0 fully saturated rings. The van der Waals surface area contributed by atoms with Crippen molar-refractivity contribution >= 4 is 17.5 Å². The molecule has 0 bridgehead atoms. The molecule has 22 heavy (non-hydrogen) atoms. The van der Waals surface area contributed by atoms with Crippen molar-refractivity contribution in [3.63, 3.8) is 0 Å². The van der Waals surface area contributed by atoms with E-state index in [1.165, 1.54) is 0 Å². The lowest BCUT2D eigenvalue weighted by Crippen LogP contribution is -2.26. The highest BCUT2D eigenvalue weighted by Crippen LogP contribution is 2.36. The summed E-state index contributed by atoms with van der Waals surface area (Å²) in [6, 6.07) is 18.4. The maximum absolute atomic E-state index is 12.4. The van der Waals surface area contributed by atoms with Gasteiger partial charge in [-0.3, -0.25) is 9.59 Å². The summed E-state index contributed by atoms with van der Waals surface area (Å²) in [5.74, 6) is -0.571. The minimum atomic E-state index is -0.416. The molecule has 1 unspecified atom stereocenters. The first-order valence-corrected chi connectivity index (χ1v) is 7.04. The zero-order valence-electron chi connectivity index (χ0n) is 11.6. The minimum absolute atomic E-state index is 0.239. The molecule has 0 spiro atoms. The predicted octanol–water partition coefficient (Wildman–Crippen LogP) is 2.18. The number of carbonyl (C=O) groups is 2. The highest BCUT2D eigenvalue weighted by atomic mass is 16.2. The molecule has 0 saturated heterocycles. The van der Waals surface area contributed by atoms with Crippen LogP contribution < -0.4 is 5.32 Å². The molecule has 4 rings (SSSR count). The van der Waals surface area contributed by atoms with E-state index in [4.69, 9.17) is 0 Å². The summed E-state index contributed by atoms with van der Waals surface area (Å²) in [6.45, 7) is 0. The Labute approximate surface area is 127 Å². The number of nitrogens with one attached hydrogen (secondary N) is 1. The molecule has 4 nitrogen and oxygen atoms in total. The standard InChI is InChI=1S/C18H12N2O2/c21-17-13-14(16(20-17)12-9-5-2-6-10-12)18(22)19-15(13)11-7-3-1-4-8-11/h1-10,15H,(H,19,22). The molecule has 2 amide bonds. The van der Waals surface area contributed by atoms with Crippen molar-refractivity contribution in [2.45, 2.75) is 6.04 Å². The third-order valence-corrected chi connectivity index (χ3v) is 3.92. The van der Waals surface area contributed by atoms with Crippen molar-refractivity contribution in [1.82, 2.24) is 5.32 Å². The summed E-state index contributed by atoms with van der Waals surface area (Å²) in [6.07, 6.45) is 0. The van der Waals surface area contributed by atoms with E-state index in [0.29, 0.717) is 16.9 Å². The Hall–Kier alpha value is -3.01. The van der Waals surface area contributed by atoms with Crippen LogP contribution >= 0.6 is 0 Å². The molecule has 2 aliphatic heterocycles. The summed E-state index contributed by atoms with van der Waals surface area (Å²) in [5.41, 5.74) is 3.00. The molecule has 1 N–H and O–H groups in total. The quantitative estimate of drug-likeness (QED) is 0.921. The van der Waals surface area contributed by atoms with Gasteiger partial charge in [0, 0.05) is 5.56 Å². The van der Waals surface area contributed by atoms with E-state index in [9.17, 15) is 9.59 Å². The van der Waals surface area contributed by atoms with Crippen molar-refractivity contribution in [3.05, 3.63) is 82.9 Å². The number of amides is 2. The van der Waals surface area contributed by atoms with E-state index in [0.717, 1.165) is 11.1 Å². The van der Waals surface area contributed by atoms with Gasteiger partial charge in [-0.05, 0) is 5.56 Å². The first-order chi connectivity index (χ1) is 10.8. The number of carbonyl (C=O) groups excluding carboxylic acids is 2. The number of nitrogens with zero attached hydrogens (tertiary/aromatic N) is 1. The summed E-state index contributed by atoms with van der Waals surface area (Å²) in [5, 5.41) is 2.89. The molecule has 2 aromatic rings. The molecule has 0 saturated carbocycles. The fraction of sp³-hybridized carbons (Fsp3) is 0.0556. The Balaban J connectivity index is 1.83. The summed E-state index contributed by atoms with van der Waals surface area (Å²) in [7, 11) is 0. The number of benzene rings is 2. The van der Waals surface area contributed by atoms with Crippen LogP contribution in [-0.2, 0) is 9.59 Å². The van der Waals surface area contributed by atoms with Gasteiger partial charge in [0.2, 0.25) is 0 Å². The maximum atomic E-state index is 12.4. The lowest BCUT2D eigenvalue weighted by Gasteiger charge is -2.12. The topological polar surface area (TPSA) is 58.5 Å². The first kappa shape index (κ1) is 12.7. The Morgan fingerprint density at radius 3 is 2.18 bits per heavy atom. The molecule has 4 heteroatoms. The average Bonchev–Trinajstić information content (AvgIpc) is 3.09. The van der Waals surface area contributed by atoms with Gasteiger partial charge in [0.05, 0.1) is 22.9 Å². The third kappa shape index (κ3) is 1.81. The highest BCUT2D eigenvalue weighted by molar-refractivity contribution is 6.38. The van der Waals surface area contributed by atoms with Crippen LogP contribution in [0.3, 0.4) is 0 Å². The molecular formula is C18H12N2O2. The van der Waals surface area contributed by atoms with Crippen molar-refractivity contribution in [1.29, 1.82) is 0 Å². The lowest BCUT2D eigenvalue weighted by molar-refractivity contribution is -0.116. The number of aliphatic imine (C=N–C) groups is 1. The zero-order valence-corrected chi connectivity index (χ0v) is 11.6. The number of hydrogen-bond donors (Lipinski definition) is 1. The number of hydrogen-bond acceptors (Lipinski definition) is 2. The maximum Gasteiger partial charge on any atom is 0.276 e. The van der Waals surface area contributed by atoms with E-state index in [1.54, 1.807) is 0 Å². The van der Waals surface area contributed by atoms with Crippen LogP contribution in [0.15, 0.2) is 76.8 Å². The van der Waals surface area contributed by atoms with Crippen LogP contribution in [0.1, 0.15) is 17.2 Å². The second-order valence-corrected chi connectivity index (χ2v) is 5.24. The molecule has 0 radical (unpaired) electrons. The average molecular weight is 288 g/mol. The van der Waals surface area contributed by atoms with E-state index in [-0.39, 0.29) is 11.8 Å². The second kappa shape index (κ2) is 4.77. The van der Waals surface area contributed by atoms with E-state index in [1.807, 2.05) is 60.7 Å². The van der Waals surface area contributed by atoms with E-state index in [2.05, 4.69) is 10.3 Å². The van der Waals surface area contributed by atoms with Crippen molar-refractivity contribution in [2.75, 3.05) is 0 Å². The Bertz CT molecular complexity index is 836. The largest absolute Gasteiger partial charge is 0.341 e. The molecule has 0 aliphatic carbocycles. The van der Waals surface area contributed by atoms with Crippen LogP contribution in [0.4, 0.5) is 0 Å². The van der Waals surface area contributed by atoms with Gasteiger partial charge in [-0.2, -0.15) is 0 Å². The van der Waals surface area contributed by atoms with Gasteiger partial charge in [-0.25, -0.2) is 4.99 Å². The number of rotatable bonds is 2. The smallest absolute Gasteiger partial charge is 0.276 e. The van der Waals surface area contributed by atoms with Crippen LogP contribution in [0.2, 0.25) is 0 Å². The zero-order chi connectivity index (χ0) is 15.1. The Morgan fingerprint density at radius 1 is 0.864 bits per heavy atom. The van der Waals surface area contributed by atoms with Crippen molar-refractivity contribution in [2.24, 2.45) is 4.99 Å². The summed E-state index contributed by atoms with van der Waals surface area (Å²) >= 11 is 0. The Morgan fingerprint density at radius 2 is 1.50 bits per heavy atom. The molecule has 2 aromatic carbocycles. The van der Waals surface area contributed by atoms with Gasteiger partial charge in [0.1, 0.15) is 0 Å². The van der Waals surface area contributed by atoms with Crippen LogP contribution in [0.5, 0.6) is 0 Å². The summed E-state index contributed by atoms with van der Waals surface area (Å²) in [4.78, 5) is 28.8.